The van der Waals surface area contributed by atoms with Crippen LogP contribution < -0.4 is 10.5 Å². The van der Waals surface area contributed by atoms with Crippen molar-refractivity contribution < 1.29 is 27.9 Å². The zero-order chi connectivity index (χ0) is 22.3. The number of rotatable bonds is 5. The van der Waals surface area contributed by atoms with Crippen LogP contribution >= 0.6 is 0 Å². The Labute approximate surface area is 200 Å². The van der Waals surface area contributed by atoms with Crippen LogP contribution in [-0.4, -0.2) is 14.7 Å². The van der Waals surface area contributed by atoms with Crippen LogP contribution in [0.5, 0.6) is 0 Å². The molecule has 0 unspecified atom stereocenters. The van der Waals surface area contributed by atoms with E-state index in [0.29, 0.717) is 0 Å². The largest absolute Gasteiger partial charge is 0.322 e. The van der Waals surface area contributed by atoms with Crippen molar-refractivity contribution in [2.24, 2.45) is 5.73 Å². The third-order valence-electron chi connectivity index (χ3n) is 5.11. The quantitative estimate of drug-likeness (QED) is 0.466. The molecule has 3 aromatic rings. The summed E-state index contributed by atoms with van der Waals surface area (Å²) in [6.07, 6.45) is 1.14. The molecule has 3 N–H and O–H groups in total. The SMILES string of the molecule is CS(=O)(=O)N[C@@H](c1ccccc1)[C@@H](N)c1ccccc1.Cc1cc(C)c(C)c(C)c1.[Ru]. The maximum atomic E-state index is 11.6. The molecule has 3 rings (SSSR count). The number of benzene rings is 3. The number of aryl methyl sites for hydroxylation is 3. The number of hydrogen-bond donors (Lipinski definition) is 2. The fourth-order valence-corrected chi connectivity index (χ4v) is 4.10. The van der Waals surface area contributed by atoms with Crippen LogP contribution in [0.3, 0.4) is 0 Å². The molecule has 0 aromatic heterocycles. The molecule has 0 aliphatic carbocycles. The second-order valence-electron chi connectivity index (χ2n) is 7.74. The van der Waals surface area contributed by atoms with Gasteiger partial charge in [-0.1, -0.05) is 78.4 Å². The minimum absolute atomic E-state index is 0. The molecule has 0 spiro atoms. The van der Waals surface area contributed by atoms with Gasteiger partial charge in [-0.05, 0) is 55.5 Å². The van der Waals surface area contributed by atoms with Crippen LogP contribution in [0.15, 0.2) is 72.8 Å². The van der Waals surface area contributed by atoms with Gasteiger partial charge in [0.15, 0.2) is 0 Å². The van der Waals surface area contributed by atoms with Crippen molar-refractivity contribution in [1.82, 2.24) is 4.72 Å². The topological polar surface area (TPSA) is 72.2 Å². The first-order chi connectivity index (χ1) is 14.1. The molecule has 0 saturated carbocycles. The van der Waals surface area contributed by atoms with E-state index in [4.69, 9.17) is 5.73 Å². The second kappa shape index (κ2) is 12.3. The summed E-state index contributed by atoms with van der Waals surface area (Å²) in [6.45, 7) is 8.63. The molecule has 0 aliphatic heterocycles. The van der Waals surface area contributed by atoms with E-state index in [1.807, 2.05) is 60.7 Å². The normalized spacial score (nSPS) is 12.7. The van der Waals surface area contributed by atoms with Crippen LogP contribution in [0.25, 0.3) is 0 Å². The average Bonchev–Trinajstić information content (AvgIpc) is 2.71. The summed E-state index contributed by atoms with van der Waals surface area (Å²) < 4.78 is 25.8. The summed E-state index contributed by atoms with van der Waals surface area (Å²) >= 11 is 0. The summed E-state index contributed by atoms with van der Waals surface area (Å²) in [4.78, 5) is 0. The molecule has 0 aliphatic rings. The van der Waals surface area contributed by atoms with Crippen LogP contribution in [0.2, 0.25) is 0 Å². The molecular weight excluding hydrogens is 493 g/mol. The third kappa shape index (κ3) is 8.66. The van der Waals surface area contributed by atoms with Crippen LogP contribution in [0.4, 0.5) is 0 Å². The van der Waals surface area contributed by atoms with Gasteiger partial charge in [0.2, 0.25) is 10.0 Å². The average molecular weight is 526 g/mol. The van der Waals surface area contributed by atoms with Crippen LogP contribution in [0, 0.1) is 27.7 Å². The van der Waals surface area contributed by atoms with Crippen molar-refractivity contribution in [2.75, 3.05) is 6.26 Å². The zero-order valence-electron chi connectivity index (χ0n) is 18.7. The predicted octanol–water partition coefficient (Wildman–Crippen LogP) is 4.89. The number of hydrogen-bond acceptors (Lipinski definition) is 3. The number of nitrogens with one attached hydrogen (secondary N) is 1. The van der Waals surface area contributed by atoms with E-state index >= 15 is 0 Å². The van der Waals surface area contributed by atoms with Crippen molar-refractivity contribution in [3.63, 3.8) is 0 Å². The Morgan fingerprint density at radius 1 is 0.774 bits per heavy atom. The van der Waals surface area contributed by atoms with Gasteiger partial charge in [-0.2, -0.15) is 0 Å². The van der Waals surface area contributed by atoms with E-state index in [9.17, 15) is 8.42 Å². The van der Waals surface area contributed by atoms with E-state index in [1.54, 1.807) is 0 Å². The molecule has 0 bridgehead atoms. The van der Waals surface area contributed by atoms with E-state index < -0.39 is 22.1 Å². The van der Waals surface area contributed by atoms with Crippen molar-refractivity contribution in [2.45, 2.75) is 39.8 Å². The fraction of sp³-hybridized carbons (Fsp3) is 0.280. The summed E-state index contributed by atoms with van der Waals surface area (Å²) in [6, 6.07) is 22.3. The maximum absolute atomic E-state index is 11.6. The first kappa shape index (κ1) is 27.2. The van der Waals surface area contributed by atoms with Crippen LogP contribution in [0.1, 0.15) is 45.5 Å². The summed E-state index contributed by atoms with van der Waals surface area (Å²) in [5.74, 6) is 0. The standard InChI is InChI=1S/C15H18N2O2S.C10H14.Ru/c1-20(18,19)17-15(13-10-6-3-7-11-13)14(16)12-8-4-2-5-9-12;1-7-5-8(2)10(4)9(3)6-7;/h2-11,14-15,17H,16H2,1H3;5-6H,1-4H3;/t14-,15-;;/m0../s1. The van der Waals surface area contributed by atoms with Gasteiger partial charge in [0, 0.05) is 19.5 Å². The second-order valence-corrected chi connectivity index (χ2v) is 9.52. The first-order valence-corrected chi connectivity index (χ1v) is 11.8. The molecule has 31 heavy (non-hydrogen) atoms. The Bertz CT molecular complexity index is 1030. The molecule has 3 aromatic carbocycles. The van der Waals surface area contributed by atoms with Gasteiger partial charge in [-0.3, -0.25) is 0 Å². The van der Waals surface area contributed by atoms with Gasteiger partial charge >= 0.3 is 0 Å². The van der Waals surface area contributed by atoms with Crippen LogP contribution in [-0.2, 0) is 29.5 Å². The minimum atomic E-state index is -3.35. The van der Waals surface area contributed by atoms with E-state index in [-0.39, 0.29) is 19.5 Å². The molecule has 0 amide bonds. The number of sulfonamides is 1. The monoisotopic (exact) mass is 526 g/mol. The maximum Gasteiger partial charge on any atom is 0.209 e. The van der Waals surface area contributed by atoms with Crippen molar-refractivity contribution >= 4 is 10.0 Å². The Morgan fingerprint density at radius 3 is 1.61 bits per heavy atom. The molecule has 0 fully saturated rings. The molecule has 168 valence electrons. The van der Waals surface area contributed by atoms with Crippen molar-refractivity contribution in [3.05, 3.63) is 106 Å². The molecule has 6 heteroatoms. The smallest absolute Gasteiger partial charge is 0.209 e. The van der Waals surface area contributed by atoms with Gasteiger partial charge in [-0.25, -0.2) is 13.1 Å². The van der Waals surface area contributed by atoms with Crippen molar-refractivity contribution in [1.29, 1.82) is 0 Å². The molecule has 0 saturated heterocycles. The molecule has 0 radical (unpaired) electrons. The van der Waals surface area contributed by atoms with E-state index in [2.05, 4.69) is 44.5 Å². The number of nitrogens with two attached hydrogens (primary N) is 1. The summed E-state index contributed by atoms with van der Waals surface area (Å²) in [5, 5.41) is 0. The molecular formula is C25H32N2O2RuS. The Kier molecular flexibility index (Phi) is 10.7. The summed E-state index contributed by atoms with van der Waals surface area (Å²) in [7, 11) is -3.35. The fourth-order valence-electron chi connectivity index (χ4n) is 3.36. The van der Waals surface area contributed by atoms with Gasteiger partial charge < -0.3 is 5.73 Å². The van der Waals surface area contributed by atoms with Gasteiger partial charge in [0.1, 0.15) is 0 Å². The summed E-state index contributed by atoms with van der Waals surface area (Å²) in [5.41, 5.74) is 13.6. The van der Waals surface area contributed by atoms with Gasteiger partial charge in [0.25, 0.3) is 0 Å². The molecule has 0 heterocycles. The third-order valence-corrected chi connectivity index (χ3v) is 5.80. The Morgan fingerprint density at radius 2 is 1.19 bits per heavy atom. The Balaban J connectivity index is 0.000000370. The van der Waals surface area contributed by atoms with E-state index in [0.717, 1.165) is 17.4 Å². The molecule has 4 nitrogen and oxygen atoms in total. The van der Waals surface area contributed by atoms with Gasteiger partial charge in [0.05, 0.1) is 18.3 Å². The minimum Gasteiger partial charge on any atom is -0.322 e. The molecule has 2 atom stereocenters. The van der Waals surface area contributed by atoms with Gasteiger partial charge in [-0.15, -0.1) is 0 Å². The first-order valence-electron chi connectivity index (χ1n) is 9.95. The van der Waals surface area contributed by atoms with E-state index in [1.165, 1.54) is 22.3 Å². The predicted molar refractivity (Wildman–Crippen MR) is 126 cm³/mol. The zero-order valence-corrected chi connectivity index (χ0v) is 21.3. The van der Waals surface area contributed by atoms with Crippen molar-refractivity contribution in [3.8, 4) is 0 Å². The Hall–Kier alpha value is -1.85.